The van der Waals surface area contributed by atoms with Crippen LogP contribution in [0.1, 0.15) is 20.3 Å². The average Bonchev–Trinajstić information content (AvgIpc) is 2.07. The Labute approximate surface area is 93.2 Å². The summed E-state index contributed by atoms with van der Waals surface area (Å²) in [5, 5.41) is 3.29. The molecule has 78 valence electrons. The van der Waals surface area contributed by atoms with Crippen LogP contribution in [0, 0.1) is 0 Å². The summed E-state index contributed by atoms with van der Waals surface area (Å²) in [5.74, 6) is 0.890. The Kier molecular flexibility index (Phi) is 4.35. The maximum atomic E-state index is 5.70. The number of hydrogen-bond acceptors (Lipinski definition) is 3. The van der Waals surface area contributed by atoms with Crippen LogP contribution in [0.2, 0.25) is 0 Å². The summed E-state index contributed by atoms with van der Waals surface area (Å²) in [7, 11) is 0. The van der Waals surface area contributed by atoms with E-state index in [1.165, 1.54) is 0 Å². The van der Waals surface area contributed by atoms with Crippen LogP contribution in [0.3, 0.4) is 0 Å². The highest BCUT2D eigenvalue weighted by molar-refractivity contribution is 9.10. The van der Waals surface area contributed by atoms with Gasteiger partial charge in [0.05, 0.1) is 0 Å². The molecule has 1 heterocycles. The molecule has 0 aromatic carbocycles. The fourth-order valence-electron chi connectivity index (χ4n) is 1.33. The first-order chi connectivity index (χ1) is 6.58. The minimum Gasteiger partial charge on any atom is -0.368 e. The van der Waals surface area contributed by atoms with Gasteiger partial charge in [-0.25, -0.2) is 4.98 Å². The van der Waals surface area contributed by atoms with Crippen LogP contribution in [-0.2, 0) is 0 Å². The standard InChI is InChI=1S/C10H16BrN3/c1-7(12)5-8(2)14-10-4-3-9(11)6-13-10/h3-4,6-8H,5,12H2,1-2H3,(H,13,14). The molecule has 1 rings (SSSR count). The van der Waals surface area contributed by atoms with E-state index in [0.717, 1.165) is 16.7 Å². The average molecular weight is 258 g/mol. The fourth-order valence-corrected chi connectivity index (χ4v) is 1.56. The van der Waals surface area contributed by atoms with Gasteiger partial charge in [0, 0.05) is 22.8 Å². The second-order valence-electron chi connectivity index (χ2n) is 3.62. The predicted molar refractivity (Wildman–Crippen MR) is 63.3 cm³/mol. The van der Waals surface area contributed by atoms with E-state index in [4.69, 9.17) is 5.73 Å². The second-order valence-corrected chi connectivity index (χ2v) is 4.54. The highest BCUT2D eigenvalue weighted by Gasteiger charge is 2.05. The third-order valence-electron chi connectivity index (χ3n) is 1.85. The summed E-state index contributed by atoms with van der Waals surface area (Å²) in [5.41, 5.74) is 5.70. The summed E-state index contributed by atoms with van der Waals surface area (Å²) >= 11 is 3.34. The Balaban J connectivity index is 2.47. The fraction of sp³-hybridized carbons (Fsp3) is 0.500. The Bertz CT molecular complexity index is 271. The van der Waals surface area contributed by atoms with Crippen molar-refractivity contribution in [2.75, 3.05) is 5.32 Å². The molecule has 0 radical (unpaired) electrons. The number of anilines is 1. The van der Waals surface area contributed by atoms with Crippen LogP contribution < -0.4 is 11.1 Å². The summed E-state index contributed by atoms with van der Waals surface area (Å²) in [6.07, 6.45) is 2.72. The monoisotopic (exact) mass is 257 g/mol. The topological polar surface area (TPSA) is 50.9 Å². The largest absolute Gasteiger partial charge is 0.368 e. The lowest BCUT2D eigenvalue weighted by Crippen LogP contribution is -2.26. The van der Waals surface area contributed by atoms with Crippen LogP contribution in [0.25, 0.3) is 0 Å². The molecule has 14 heavy (non-hydrogen) atoms. The molecule has 0 spiro atoms. The molecule has 0 amide bonds. The first kappa shape index (κ1) is 11.5. The minimum atomic E-state index is 0.216. The van der Waals surface area contributed by atoms with Gasteiger partial charge < -0.3 is 11.1 Å². The third kappa shape index (κ3) is 4.07. The van der Waals surface area contributed by atoms with Crippen molar-refractivity contribution in [3.8, 4) is 0 Å². The maximum absolute atomic E-state index is 5.70. The SMILES string of the molecule is CC(N)CC(C)Nc1ccc(Br)cn1. The van der Waals surface area contributed by atoms with Crippen molar-refractivity contribution in [2.24, 2.45) is 5.73 Å². The molecular formula is C10H16BrN3. The van der Waals surface area contributed by atoms with E-state index in [9.17, 15) is 0 Å². The van der Waals surface area contributed by atoms with Gasteiger partial charge in [0.25, 0.3) is 0 Å². The molecule has 3 N–H and O–H groups in total. The first-order valence-electron chi connectivity index (χ1n) is 4.71. The van der Waals surface area contributed by atoms with Crippen molar-refractivity contribution < 1.29 is 0 Å². The summed E-state index contributed by atoms with van der Waals surface area (Å²) < 4.78 is 0.989. The van der Waals surface area contributed by atoms with Crippen LogP contribution in [-0.4, -0.2) is 17.1 Å². The molecular weight excluding hydrogens is 242 g/mol. The van der Waals surface area contributed by atoms with Gasteiger partial charge in [-0.2, -0.15) is 0 Å². The number of hydrogen-bond donors (Lipinski definition) is 2. The number of nitrogens with one attached hydrogen (secondary N) is 1. The third-order valence-corrected chi connectivity index (χ3v) is 2.32. The lowest BCUT2D eigenvalue weighted by Gasteiger charge is -2.16. The Morgan fingerprint density at radius 1 is 1.50 bits per heavy atom. The quantitative estimate of drug-likeness (QED) is 0.871. The van der Waals surface area contributed by atoms with Gasteiger partial charge in [-0.15, -0.1) is 0 Å². The number of aromatic nitrogens is 1. The van der Waals surface area contributed by atoms with Gasteiger partial charge in [0.1, 0.15) is 5.82 Å². The summed E-state index contributed by atoms with van der Waals surface area (Å²) in [6.45, 7) is 4.11. The van der Waals surface area contributed by atoms with Gasteiger partial charge in [-0.1, -0.05) is 0 Å². The highest BCUT2D eigenvalue weighted by atomic mass is 79.9. The molecule has 2 unspecified atom stereocenters. The number of nitrogens with two attached hydrogens (primary N) is 1. The van der Waals surface area contributed by atoms with Crippen molar-refractivity contribution in [3.05, 3.63) is 22.8 Å². The van der Waals surface area contributed by atoms with Gasteiger partial charge in [-0.05, 0) is 48.3 Å². The molecule has 0 saturated heterocycles. The van der Waals surface area contributed by atoms with E-state index in [1.807, 2.05) is 19.1 Å². The van der Waals surface area contributed by atoms with E-state index in [0.29, 0.717) is 6.04 Å². The lowest BCUT2D eigenvalue weighted by atomic mass is 10.1. The number of rotatable bonds is 4. The van der Waals surface area contributed by atoms with Crippen molar-refractivity contribution in [2.45, 2.75) is 32.4 Å². The maximum Gasteiger partial charge on any atom is 0.126 e. The zero-order valence-corrected chi connectivity index (χ0v) is 10.1. The van der Waals surface area contributed by atoms with Crippen molar-refractivity contribution in [1.29, 1.82) is 0 Å². The molecule has 1 aromatic rings. The van der Waals surface area contributed by atoms with Crippen molar-refractivity contribution >= 4 is 21.7 Å². The molecule has 0 fully saturated rings. The zero-order chi connectivity index (χ0) is 10.6. The van der Waals surface area contributed by atoms with Crippen LogP contribution >= 0.6 is 15.9 Å². The summed E-state index contributed by atoms with van der Waals surface area (Å²) in [6, 6.07) is 4.48. The van der Waals surface area contributed by atoms with Crippen LogP contribution in [0.15, 0.2) is 22.8 Å². The van der Waals surface area contributed by atoms with E-state index < -0.39 is 0 Å². The molecule has 0 aliphatic heterocycles. The van der Waals surface area contributed by atoms with Gasteiger partial charge in [0.2, 0.25) is 0 Å². The normalized spacial score (nSPS) is 14.9. The molecule has 1 aromatic heterocycles. The number of pyridine rings is 1. The van der Waals surface area contributed by atoms with Crippen LogP contribution in [0.4, 0.5) is 5.82 Å². The lowest BCUT2D eigenvalue weighted by molar-refractivity contribution is 0.603. The molecule has 0 bridgehead atoms. The van der Waals surface area contributed by atoms with Gasteiger partial charge in [0.15, 0.2) is 0 Å². The van der Waals surface area contributed by atoms with Gasteiger partial charge >= 0.3 is 0 Å². The molecule has 2 atom stereocenters. The van der Waals surface area contributed by atoms with Crippen LogP contribution in [0.5, 0.6) is 0 Å². The van der Waals surface area contributed by atoms with E-state index >= 15 is 0 Å². The van der Waals surface area contributed by atoms with Gasteiger partial charge in [-0.3, -0.25) is 0 Å². The highest BCUT2D eigenvalue weighted by Crippen LogP contribution is 2.12. The molecule has 0 aliphatic carbocycles. The zero-order valence-electron chi connectivity index (χ0n) is 8.50. The van der Waals surface area contributed by atoms with E-state index in [1.54, 1.807) is 6.20 Å². The Morgan fingerprint density at radius 2 is 2.21 bits per heavy atom. The van der Waals surface area contributed by atoms with E-state index in [2.05, 4.69) is 33.2 Å². The molecule has 0 saturated carbocycles. The smallest absolute Gasteiger partial charge is 0.126 e. The minimum absolute atomic E-state index is 0.216. The van der Waals surface area contributed by atoms with E-state index in [-0.39, 0.29) is 6.04 Å². The number of halogens is 1. The van der Waals surface area contributed by atoms with Crippen molar-refractivity contribution in [3.63, 3.8) is 0 Å². The summed E-state index contributed by atoms with van der Waals surface area (Å²) in [4.78, 5) is 4.23. The number of nitrogens with zero attached hydrogens (tertiary/aromatic N) is 1. The first-order valence-corrected chi connectivity index (χ1v) is 5.51. The predicted octanol–water partition coefficient (Wildman–Crippen LogP) is 2.38. The Morgan fingerprint density at radius 3 is 2.71 bits per heavy atom. The Hall–Kier alpha value is -0.610. The molecule has 4 heteroatoms. The van der Waals surface area contributed by atoms with Crippen molar-refractivity contribution in [1.82, 2.24) is 4.98 Å². The molecule has 0 aliphatic rings. The molecule has 3 nitrogen and oxygen atoms in total. The second kappa shape index (κ2) is 5.32.